The molecule has 9 heteroatoms. The summed E-state index contributed by atoms with van der Waals surface area (Å²) in [7, 11) is -3.76. The lowest BCUT2D eigenvalue weighted by atomic mass is 10.0. The molecule has 0 heterocycles. The quantitative estimate of drug-likeness (QED) is 0.313. The van der Waals surface area contributed by atoms with Gasteiger partial charge >= 0.3 is 0 Å². The Labute approximate surface area is 237 Å². The molecule has 3 aromatic carbocycles. The van der Waals surface area contributed by atoms with E-state index in [0.29, 0.717) is 18.0 Å². The molecule has 0 aliphatic heterocycles. The molecule has 1 N–H and O–H groups in total. The van der Waals surface area contributed by atoms with Crippen LogP contribution in [0, 0.1) is 11.7 Å². The van der Waals surface area contributed by atoms with Gasteiger partial charge in [0.1, 0.15) is 11.9 Å². The van der Waals surface area contributed by atoms with Gasteiger partial charge < -0.3 is 10.2 Å². The van der Waals surface area contributed by atoms with E-state index in [-0.39, 0.29) is 25.4 Å². The van der Waals surface area contributed by atoms with E-state index in [0.717, 1.165) is 28.1 Å². The third-order valence-corrected chi connectivity index (χ3v) is 7.74. The summed E-state index contributed by atoms with van der Waals surface area (Å²) in [4.78, 5) is 29.0. The van der Waals surface area contributed by atoms with Gasteiger partial charge in [-0.1, -0.05) is 86.6 Å². The van der Waals surface area contributed by atoms with Crippen molar-refractivity contribution >= 4 is 21.8 Å². The van der Waals surface area contributed by atoms with Gasteiger partial charge in [0.25, 0.3) is 0 Å². The summed E-state index contributed by atoms with van der Waals surface area (Å²) >= 11 is 0. The molecule has 0 bridgehead atoms. The monoisotopic (exact) mass is 567 g/mol. The molecule has 0 aliphatic rings. The molecular weight excluding hydrogens is 529 g/mol. The second-order valence-corrected chi connectivity index (χ2v) is 12.3. The van der Waals surface area contributed by atoms with Gasteiger partial charge in [-0.3, -0.25) is 9.59 Å². The Balaban J connectivity index is 1.97. The van der Waals surface area contributed by atoms with E-state index < -0.39 is 34.3 Å². The molecule has 0 spiro atoms. The number of amides is 2. The predicted molar refractivity (Wildman–Crippen MR) is 155 cm³/mol. The lowest BCUT2D eigenvalue weighted by Gasteiger charge is -2.33. The summed E-state index contributed by atoms with van der Waals surface area (Å²) in [5.41, 5.74) is 2.21. The Morgan fingerprint density at radius 1 is 0.825 bits per heavy atom. The summed E-state index contributed by atoms with van der Waals surface area (Å²) in [6.45, 7) is 4.15. The smallest absolute Gasteiger partial charge is 0.243 e. The van der Waals surface area contributed by atoms with Crippen LogP contribution in [0.5, 0.6) is 0 Å². The highest BCUT2D eigenvalue weighted by Gasteiger charge is 2.32. The maximum atomic E-state index is 13.9. The van der Waals surface area contributed by atoms with Crippen molar-refractivity contribution in [3.05, 3.63) is 107 Å². The molecule has 3 rings (SSSR count). The molecule has 7 nitrogen and oxygen atoms in total. The lowest BCUT2D eigenvalue weighted by molar-refractivity contribution is -0.141. The fourth-order valence-electron chi connectivity index (χ4n) is 4.26. The zero-order valence-corrected chi connectivity index (χ0v) is 24.1. The number of hydrogen-bond donors (Lipinski definition) is 1. The SMILES string of the molecule is CC(C)CCNC(=O)C(Cc1ccccc1)N(Cc1ccc(F)cc1)C(=O)CN(Cc1ccccc1)S(C)(=O)=O. The van der Waals surface area contributed by atoms with Crippen molar-refractivity contribution in [2.24, 2.45) is 5.92 Å². The number of sulfonamides is 1. The van der Waals surface area contributed by atoms with Crippen molar-refractivity contribution in [2.45, 2.75) is 45.8 Å². The Morgan fingerprint density at radius 2 is 1.38 bits per heavy atom. The van der Waals surface area contributed by atoms with Gasteiger partial charge in [-0.25, -0.2) is 12.8 Å². The molecule has 1 unspecified atom stereocenters. The van der Waals surface area contributed by atoms with Crippen LogP contribution in [0.4, 0.5) is 4.39 Å². The molecule has 3 aromatic rings. The van der Waals surface area contributed by atoms with Crippen LogP contribution >= 0.6 is 0 Å². The first-order chi connectivity index (χ1) is 19.0. The summed E-state index contributed by atoms with van der Waals surface area (Å²) in [5, 5.41) is 2.96. The third kappa shape index (κ3) is 9.88. The molecule has 0 aromatic heterocycles. The number of rotatable bonds is 14. The maximum Gasteiger partial charge on any atom is 0.243 e. The number of nitrogens with one attached hydrogen (secondary N) is 1. The third-order valence-electron chi connectivity index (χ3n) is 6.54. The fourth-order valence-corrected chi connectivity index (χ4v) is 4.99. The van der Waals surface area contributed by atoms with Crippen molar-refractivity contribution in [1.29, 1.82) is 0 Å². The molecule has 1 atom stereocenters. The van der Waals surface area contributed by atoms with Gasteiger partial charge in [0.15, 0.2) is 0 Å². The van der Waals surface area contributed by atoms with E-state index in [4.69, 9.17) is 0 Å². The van der Waals surface area contributed by atoms with Crippen LogP contribution < -0.4 is 5.32 Å². The van der Waals surface area contributed by atoms with Crippen LogP contribution in [-0.2, 0) is 39.1 Å². The number of carbonyl (C=O) groups is 2. The molecule has 0 fully saturated rings. The van der Waals surface area contributed by atoms with E-state index in [2.05, 4.69) is 19.2 Å². The Bertz CT molecular complexity index is 1330. The number of benzene rings is 3. The normalized spacial score (nSPS) is 12.3. The highest BCUT2D eigenvalue weighted by molar-refractivity contribution is 7.88. The molecule has 214 valence electrons. The van der Waals surface area contributed by atoms with Crippen molar-refractivity contribution in [2.75, 3.05) is 19.3 Å². The first-order valence-electron chi connectivity index (χ1n) is 13.4. The van der Waals surface area contributed by atoms with E-state index >= 15 is 0 Å². The number of halogens is 1. The average Bonchev–Trinajstić information content (AvgIpc) is 2.91. The minimum Gasteiger partial charge on any atom is -0.354 e. The van der Waals surface area contributed by atoms with Gasteiger partial charge in [0.05, 0.1) is 12.8 Å². The van der Waals surface area contributed by atoms with Gasteiger partial charge in [-0.15, -0.1) is 0 Å². The molecule has 40 heavy (non-hydrogen) atoms. The van der Waals surface area contributed by atoms with E-state index in [9.17, 15) is 22.4 Å². The van der Waals surface area contributed by atoms with Gasteiger partial charge in [0.2, 0.25) is 21.8 Å². The minimum atomic E-state index is -3.76. The summed E-state index contributed by atoms with van der Waals surface area (Å²) < 4.78 is 40.2. The van der Waals surface area contributed by atoms with Crippen LogP contribution in [0.3, 0.4) is 0 Å². The molecular formula is C31H38FN3O4S. The van der Waals surface area contributed by atoms with Crippen LogP contribution in [0.2, 0.25) is 0 Å². The van der Waals surface area contributed by atoms with Crippen LogP contribution in [0.25, 0.3) is 0 Å². The Kier molecular flexibility index (Phi) is 11.4. The number of carbonyl (C=O) groups excluding carboxylic acids is 2. The van der Waals surface area contributed by atoms with Crippen LogP contribution in [-0.4, -0.2) is 54.8 Å². The van der Waals surface area contributed by atoms with Crippen LogP contribution in [0.15, 0.2) is 84.9 Å². The Hall–Kier alpha value is -3.56. The zero-order chi connectivity index (χ0) is 29.1. The van der Waals surface area contributed by atoms with Crippen molar-refractivity contribution in [3.8, 4) is 0 Å². The summed E-state index contributed by atoms with van der Waals surface area (Å²) in [6, 6.07) is 23.2. The number of hydrogen-bond acceptors (Lipinski definition) is 4. The van der Waals surface area contributed by atoms with Crippen molar-refractivity contribution < 1.29 is 22.4 Å². The lowest BCUT2D eigenvalue weighted by Crippen LogP contribution is -2.53. The first-order valence-corrected chi connectivity index (χ1v) is 15.2. The second kappa shape index (κ2) is 14.7. The van der Waals surface area contributed by atoms with Crippen LogP contribution in [0.1, 0.15) is 37.0 Å². The van der Waals surface area contributed by atoms with E-state index in [1.165, 1.54) is 17.0 Å². The molecule has 0 aliphatic carbocycles. The van der Waals surface area contributed by atoms with Gasteiger partial charge in [0, 0.05) is 26.1 Å². The summed E-state index contributed by atoms with van der Waals surface area (Å²) in [6.07, 6.45) is 2.07. The molecule has 0 saturated carbocycles. The highest BCUT2D eigenvalue weighted by atomic mass is 32.2. The van der Waals surface area contributed by atoms with E-state index in [1.807, 2.05) is 36.4 Å². The fraction of sp³-hybridized carbons (Fsp3) is 0.355. The average molecular weight is 568 g/mol. The highest BCUT2D eigenvalue weighted by Crippen LogP contribution is 2.17. The largest absolute Gasteiger partial charge is 0.354 e. The van der Waals surface area contributed by atoms with Gasteiger partial charge in [-0.05, 0) is 41.2 Å². The first kappa shape index (κ1) is 31.0. The zero-order valence-electron chi connectivity index (χ0n) is 23.3. The number of nitrogens with zero attached hydrogens (tertiary/aromatic N) is 2. The molecule has 2 amide bonds. The second-order valence-electron chi connectivity index (χ2n) is 10.3. The molecule has 0 radical (unpaired) electrons. The van der Waals surface area contributed by atoms with Gasteiger partial charge in [-0.2, -0.15) is 4.31 Å². The van der Waals surface area contributed by atoms with Crippen molar-refractivity contribution in [1.82, 2.24) is 14.5 Å². The Morgan fingerprint density at radius 3 is 1.93 bits per heavy atom. The standard InChI is InChI=1S/C31H38FN3O4S/c1-24(2)18-19-33-31(37)29(20-25-10-6-4-7-11-25)35(22-27-14-16-28(32)17-15-27)30(36)23-34(40(3,38)39)21-26-12-8-5-9-13-26/h4-17,24,29H,18-23H2,1-3H3,(H,33,37). The predicted octanol–water partition coefficient (Wildman–Crippen LogP) is 4.39. The van der Waals surface area contributed by atoms with E-state index in [1.54, 1.807) is 36.4 Å². The maximum absolute atomic E-state index is 13.9. The minimum absolute atomic E-state index is 0.0111. The summed E-state index contributed by atoms with van der Waals surface area (Å²) in [5.74, 6) is -0.884. The van der Waals surface area contributed by atoms with Crippen molar-refractivity contribution in [3.63, 3.8) is 0 Å². The topological polar surface area (TPSA) is 86.8 Å². The molecule has 0 saturated heterocycles.